The molecule has 1 aliphatic heterocycles. The number of carbonyl (C=O) groups excluding carboxylic acids is 2. The minimum absolute atomic E-state index is 0.00849. The molecule has 2 heterocycles. The molecule has 0 unspecified atom stereocenters. The zero-order valence-electron chi connectivity index (χ0n) is 18.7. The number of hydrogen-bond acceptors (Lipinski definition) is 6. The maximum atomic E-state index is 12.9. The van der Waals surface area contributed by atoms with Crippen LogP contribution in [0.25, 0.3) is 11.4 Å². The number of aryl methyl sites for hydroxylation is 1. The Morgan fingerprint density at radius 2 is 1.70 bits per heavy atom. The van der Waals surface area contributed by atoms with Crippen molar-refractivity contribution in [2.45, 2.75) is 26.3 Å². The van der Waals surface area contributed by atoms with Crippen LogP contribution in [0.1, 0.15) is 34.7 Å². The van der Waals surface area contributed by atoms with E-state index in [-0.39, 0.29) is 17.7 Å². The van der Waals surface area contributed by atoms with Gasteiger partial charge in [0.25, 0.3) is 5.91 Å². The number of benzene rings is 2. The number of carbonyl (C=O) groups is 2. The third-order valence-corrected chi connectivity index (χ3v) is 6.14. The predicted octanol–water partition coefficient (Wildman–Crippen LogP) is 3.35. The van der Waals surface area contributed by atoms with Gasteiger partial charge in [0.2, 0.25) is 17.6 Å². The van der Waals surface area contributed by atoms with Crippen LogP contribution in [0.2, 0.25) is 0 Å². The summed E-state index contributed by atoms with van der Waals surface area (Å²) in [7, 11) is 0. The maximum Gasteiger partial charge on any atom is 0.253 e. The molecule has 2 fully saturated rings. The maximum absolute atomic E-state index is 12.9. The molecular formula is C25H27N5O3. The van der Waals surface area contributed by atoms with Crippen molar-refractivity contribution >= 4 is 17.5 Å². The molecular weight excluding hydrogens is 418 g/mol. The van der Waals surface area contributed by atoms with Gasteiger partial charge in [0.05, 0.1) is 6.54 Å². The fourth-order valence-corrected chi connectivity index (χ4v) is 3.91. The molecule has 0 radical (unpaired) electrons. The van der Waals surface area contributed by atoms with E-state index in [4.69, 9.17) is 4.52 Å². The van der Waals surface area contributed by atoms with Crippen molar-refractivity contribution in [3.8, 4) is 11.4 Å². The molecule has 0 spiro atoms. The second-order valence-corrected chi connectivity index (χ2v) is 8.79. The second kappa shape index (κ2) is 9.15. The van der Waals surface area contributed by atoms with E-state index in [2.05, 4.69) is 20.4 Å². The summed E-state index contributed by atoms with van der Waals surface area (Å²) < 4.78 is 5.44. The lowest BCUT2D eigenvalue weighted by molar-refractivity contribution is -0.117. The highest BCUT2D eigenvalue weighted by Crippen LogP contribution is 2.30. The van der Waals surface area contributed by atoms with Crippen molar-refractivity contribution in [1.29, 1.82) is 0 Å². The molecule has 0 atom stereocenters. The standard InChI is InChI=1S/C25H27N5O3/c1-17-2-4-18(5-3-17)23-27-22(33-28-23)16-29-12-14-30(15-13-29)25(32)20-8-10-21(11-9-20)26-24(31)19-6-7-19/h2-5,8-11,19H,6-7,12-16H2,1H3,(H,26,31). The monoisotopic (exact) mass is 445 g/mol. The molecule has 8 nitrogen and oxygen atoms in total. The van der Waals surface area contributed by atoms with E-state index in [1.54, 1.807) is 24.3 Å². The van der Waals surface area contributed by atoms with Crippen LogP contribution in [0, 0.1) is 12.8 Å². The molecule has 1 saturated heterocycles. The lowest BCUT2D eigenvalue weighted by Gasteiger charge is -2.34. The van der Waals surface area contributed by atoms with Gasteiger partial charge in [-0.05, 0) is 44.0 Å². The first-order valence-corrected chi connectivity index (χ1v) is 11.4. The van der Waals surface area contributed by atoms with Crippen molar-refractivity contribution in [2.24, 2.45) is 5.92 Å². The van der Waals surface area contributed by atoms with Crippen LogP contribution in [-0.4, -0.2) is 57.9 Å². The SMILES string of the molecule is Cc1ccc(-c2noc(CN3CCN(C(=O)c4ccc(NC(=O)C5CC5)cc4)CC3)n2)cc1. The number of anilines is 1. The van der Waals surface area contributed by atoms with Crippen molar-refractivity contribution in [3.05, 3.63) is 65.5 Å². The highest BCUT2D eigenvalue weighted by atomic mass is 16.5. The highest BCUT2D eigenvalue weighted by Gasteiger charge is 2.29. The van der Waals surface area contributed by atoms with Gasteiger partial charge in [0.1, 0.15) is 0 Å². The van der Waals surface area contributed by atoms with Crippen molar-refractivity contribution in [2.75, 3.05) is 31.5 Å². The molecule has 33 heavy (non-hydrogen) atoms. The molecule has 1 aromatic heterocycles. The fraction of sp³-hybridized carbons (Fsp3) is 0.360. The number of piperazine rings is 1. The summed E-state index contributed by atoms with van der Waals surface area (Å²) in [4.78, 5) is 33.4. The number of rotatable bonds is 6. The lowest BCUT2D eigenvalue weighted by Crippen LogP contribution is -2.48. The molecule has 1 aliphatic carbocycles. The quantitative estimate of drug-likeness (QED) is 0.626. The number of aromatic nitrogens is 2. The first kappa shape index (κ1) is 21.3. The van der Waals surface area contributed by atoms with Crippen LogP contribution in [-0.2, 0) is 11.3 Å². The predicted molar refractivity (Wildman–Crippen MR) is 123 cm³/mol. The Hall–Kier alpha value is -3.52. The average molecular weight is 446 g/mol. The number of hydrogen-bond donors (Lipinski definition) is 1. The minimum Gasteiger partial charge on any atom is -0.338 e. The minimum atomic E-state index is 0.00849. The largest absolute Gasteiger partial charge is 0.338 e. The van der Waals surface area contributed by atoms with E-state index >= 15 is 0 Å². The summed E-state index contributed by atoms with van der Waals surface area (Å²) in [6, 6.07) is 15.2. The summed E-state index contributed by atoms with van der Waals surface area (Å²) in [6.07, 6.45) is 1.93. The zero-order chi connectivity index (χ0) is 22.8. The van der Waals surface area contributed by atoms with Crippen LogP contribution in [0.4, 0.5) is 5.69 Å². The van der Waals surface area contributed by atoms with Gasteiger partial charge in [0.15, 0.2) is 0 Å². The molecule has 2 aromatic carbocycles. The summed E-state index contributed by atoms with van der Waals surface area (Å²) >= 11 is 0. The van der Waals surface area contributed by atoms with E-state index in [0.717, 1.165) is 37.2 Å². The lowest BCUT2D eigenvalue weighted by atomic mass is 10.1. The third-order valence-electron chi connectivity index (χ3n) is 6.14. The Bertz CT molecular complexity index is 1130. The summed E-state index contributed by atoms with van der Waals surface area (Å²) in [6.45, 7) is 5.36. The Kier molecular flexibility index (Phi) is 5.92. The Morgan fingerprint density at radius 1 is 1.00 bits per heavy atom. The van der Waals surface area contributed by atoms with Gasteiger partial charge < -0.3 is 14.7 Å². The van der Waals surface area contributed by atoms with Crippen LogP contribution in [0.15, 0.2) is 53.1 Å². The molecule has 170 valence electrons. The topological polar surface area (TPSA) is 91.6 Å². The van der Waals surface area contributed by atoms with E-state index in [1.807, 2.05) is 36.1 Å². The molecule has 1 saturated carbocycles. The van der Waals surface area contributed by atoms with Gasteiger partial charge in [-0.15, -0.1) is 0 Å². The number of nitrogens with zero attached hydrogens (tertiary/aromatic N) is 4. The average Bonchev–Trinajstić information content (AvgIpc) is 3.60. The number of nitrogens with one attached hydrogen (secondary N) is 1. The van der Waals surface area contributed by atoms with Crippen molar-refractivity contribution in [1.82, 2.24) is 19.9 Å². The zero-order valence-corrected chi connectivity index (χ0v) is 18.7. The van der Waals surface area contributed by atoms with Gasteiger partial charge >= 0.3 is 0 Å². The van der Waals surface area contributed by atoms with Crippen LogP contribution >= 0.6 is 0 Å². The molecule has 1 N–H and O–H groups in total. The summed E-state index contributed by atoms with van der Waals surface area (Å²) in [5.74, 6) is 1.40. The van der Waals surface area contributed by atoms with E-state index in [0.29, 0.717) is 36.9 Å². The normalized spacial score (nSPS) is 16.6. The van der Waals surface area contributed by atoms with Gasteiger partial charge in [-0.2, -0.15) is 4.98 Å². The smallest absolute Gasteiger partial charge is 0.253 e. The molecule has 2 aliphatic rings. The highest BCUT2D eigenvalue weighted by molar-refractivity contribution is 5.96. The Balaban J connectivity index is 1.12. The van der Waals surface area contributed by atoms with E-state index < -0.39 is 0 Å². The molecule has 3 aromatic rings. The van der Waals surface area contributed by atoms with Crippen molar-refractivity contribution < 1.29 is 14.1 Å². The molecule has 5 rings (SSSR count). The van der Waals surface area contributed by atoms with Crippen LogP contribution in [0.5, 0.6) is 0 Å². The van der Waals surface area contributed by atoms with Crippen molar-refractivity contribution in [3.63, 3.8) is 0 Å². The first-order chi connectivity index (χ1) is 16.0. The molecule has 0 bridgehead atoms. The Morgan fingerprint density at radius 3 is 2.36 bits per heavy atom. The third kappa shape index (κ3) is 5.12. The van der Waals surface area contributed by atoms with E-state index in [1.165, 1.54) is 5.56 Å². The first-order valence-electron chi connectivity index (χ1n) is 11.4. The van der Waals surface area contributed by atoms with E-state index in [9.17, 15) is 9.59 Å². The molecule has 2 amide bonds. The summed E-state index contributed by atoms with van der Waals surface area (Å²) in [5, 5.41) is 7.00. The fourth-order valence-electron chi connectivity index (χ4n) is 3.91. The van der Waals surface area contributed by atoms with Crippen LogP contribution < -0.4 is 5.32 Å². The Labute approximate surface area is 192 Å². The number of amides is 2. The van der Waals surface area contributed by atoms with Gasteiger partial charge in [-0.3, -0.25) is 14.5 Å². The van der Waals surface area contributed by atoms with Gasteiger partial charge in [-0.1, -0.05) is 35.0 Å². The van der Waals surface area contributed by atoms with Gasteiger partial charge in [0, 0.05) is 48.9 Å². The second-order valence-electron chi connectivity index (χ2n) is 8.79. The summed E-state index contributed by atoms with van der Waals surface area (Å²) in [5.41, 5.74) is 3.49. The van der Waals surface area contributed by atoms with Gasteiger partial charge in [-0.25, -0.2) is 0 Å². The molecule has 8 heteroatoms. The van der Waals surface area contributed by atoms with Crippen LogP contribution in [0.3, 0.4) is 0 Å².